The summed E-state index contributed by atoms with van der Waals surface area (Å²) in [5, 5.41) is -0.00634. The SMILES string of the molecule is FC(F)c1c(Cl)cc(Cl)nc1Br. The molecule has 0 aliphatic heterocycles. The first-order valence-corrected chi connectivity index (χ1v) is 4.37. The second-order valence-electron chi connectivity index (χ2n) is 1.93. The van der Waals surface area contributed by atoms with Gasteiger partial charge in [0.1, 0.15) is 9.76 Å². The zero-order valence-electron chi connectivity index (χ0n) is 5.49. The molecule has 1 nitrogen and oxygen atoms in total. The maximum Gasteiger partial charge on any atom is 0.267 e. The van der Waals surface area contributed by atoms with Gasteiger partial charge in [0.25, 0.3) is 6.43 Å². The number of nitrogens with zero attached hydrogens (tertiary/aromatic N) is 1. The predicted octanol–water partition coefficient (Wildman–Crippen LogP) is 4.09. The third kappa shape index (κ3) is 2.06. The molecule has 0 radical (unpaired) electrons. The molecule has 0 saturated carbocycles. The van der Waals surface area contributed by atoms with Crippen LogP contribution in [-0.2, 0) is 0 Å². The maximum absolute atomic E-state index is 12.2. The van der Waals surface area contributed by atoms with Crippen LogP contribution in [0.2, 0.25) is 10.2 Å². The van der Waals surface area contributed by atoms with Crippen LogP contribution >= 0.6 is 39.1 Å². The third-order valence-corrected chi connectivity index (χ3v) is 2.26. The van der Waals surface area contributed by atoms with Crippen LogP contribution in [0, 0.1) is 0 Å². The zero-order chi connectivity index (χ0) is 9.30. The van der Waals surface area contributed by atoms with Crippen LogP contribution in [0.5, 0.6) is 0 Å². The van der Waals surface area contributed by atoms with Gasteiger partial charge < -0.3 is 0 Å². The summed E-state index contributed by atoms with van der Waals surface area (Å²) in [6, 6.07) is 1.18. The average Bonchev–Trinajstić information content (AvgIpc) is 1.82. The molecular formula is C6H2BrCl2F2N. The van der Waals surface area contributed by atoms with Crippen molar-refractivity contribution in [1.82, 2.24) is 4.98 Å². The normalized spacial score (nSPS) is 10.8. The van der Waals surface area contributed by atoms with Crippen molar-refractivity contribution in [2.75, 3.05) is 0 Å². The number of rotatable bonds is 1. The van der Waals surface area contributed by atoms with E-state index in [4.69, 9.17) is 23.2 Å². The van der Waals surface area contributed by atoms with Gasteiger partial charge in [-0.15, -0.1) is 0 Å². The number of pyridine rings is 1. The molecule has 1 aromatic rings. The standard InChI is InChI=1S/C6H2BrCl2F2N/c7-5-4(6(10)11)2(8)1-3(9)12-5/h1,6H. The lowest BCUT2D eigenvalue weighted by atomic mass is 10.3. The Hall–Kier alpha value is 0.0700. The van der Waals surface area contributed by atoms with Crippen molar-refractivity contribution in [3.05, 3.63) is 26.4 Å². The Balaban J connectivity index is 3.28. The van der Waals surface area contributed by atoms with Gasteiger partial charge >= 0.3 is 0 Å². The fourth-order valence-corrected chi connectivity index (χ4v) is 1.98. The Morgan fingerprint density at radius 2 is 2.00 bits per heavy atom. The fraction of sp³-hybridized carbons (Fsp3) is 0.167. The van der Waals surface area contributed by atoms with E-state index in [1.54, 1.807) is 0 Å². The summed E-state index contributed by atoms with van der Waals surface area (Å²) in [6.45, 7) is 0. The molecule has 0 saturated heterocycles. The van der Waals surface area contributed by atoms with Crippen molar-refractivity contribution in [1.29, 1.82) is 0 Å². The predicted molar refractivity (Wildman–Crippen MR) is 46.9 cm³/mol. The van der Waals surface area contributed by atoms with Gasteiger partial charge in [0.2, 0.25) is 0 Å². The molecule has 0 aliphatic rings. The van der Waals surface area contributed by atoms with Crippen molar-refractivity contribution in [2.45, 2.75) is 6.43 Å². The van der Waals surface area contributed by atoms with E-state index in [1.165, 1.54) is 6.07 Å². The van der Waals surface area contributed by atoms with Crippen LogP contribution in [-0.4, -0.2) is 4.98 Å². The first-order chi connectivity index (χ1) is 5.52. The molecule has 0 amide bonds. The quantitative estimate of drug-likeness (QED) is 0.704. The van der Waals surface area contributed by atoms with E-state index < -0.39 is 6.43 Å². The molecule has 0 bridgehead atoms. The molecule has 0 aromatic carbocycles. The highest BCUT2D eigenvalue weighted by Gasteiger charge is 2.17. The average molecular weight is 277 g/mol. The van der Waals surface area contributed by atoms with E-state index in [0.717, 1.165) is 0 Å². The van der Waals surface area contributed by atoms with E-state index in [-0.39, 0.29) is 20.3 Å². The van der Waals surface area contributed by atoms with E-state index in [1.807, 2.05) is 0 Å². The lowest BCUT2D eigenvalue weighted by molar-refractivity contribution is 0.150. The highest BCUT2D eigenvalue weighted by atomic mass is 79.9. The Kier molecular flexibility index (Phi) is 3.26. The first kappa shape index (κ1) is 10.2. The topological polar surface area (TPSA) is 12.9 Å². The number of halogens is 5. The van der Waals surface area contributed by atoms with Gasteiger partial charge in [-0.25, -0.2) is 13.8 Å². The molecule has 0 atom stereocenters. The van der Waals surface area contributed by atoms with E-state index in [0.29, 0.717) is 0 Å². The smallest absolute Gasteiger partial charge is 0.229 e. The summed E-state index contributed by atoms with van der Waals surface area (Å²) in [5.74, 6) is 0. The molecule has 0 fully saturated rings. The molecular weight excluding hydrogens is 275 g/mol. The summed E-state index contributed by atoms with van der Waals surface area (Å²) in [4.78, 5) is 3.57. The summed E-state index contributed by atoms with van der Waals surface area (Å²) >= 11 is 13.8. The van der Waals surface area contributed by atoms with Gasteiger partial charge in [-0.05, 0) is 22.0 Å². The van der Waals surface area contributed by atoms with E-state index >= 15 is 0 Å². The minimum absolute atomic E-state index is 0.0185. The van der Waals surface area contributed by atoms with Gasteiger partial charge in [0, 0.05) is 0 Å². The van der Waals surface area contributed by atoms with Crippen molar-refractivity contribution in [2.24, 2.45) is 0 Å². The fourth-order valence-electron chi connectivity index (χ4n) is 0.661. The molecule has 1 rings (SSSR count). The number of hydrogen-bond donors (Lipinski definition) is 0. The van der Waals surface area contributed by atoms with Crippen LogP contribution in [0.4, 0.5) is 8.78 Å². The first-order valence-electron chi connectivity index (χ1n) is 2.82. The Bertz CT molecular complexity index is 283. The van der Waals surface area contributed by atoms with Crippen molar-refractivity contribution in [3.63, 3.8) is 0 Å². The minimum Gasteiger partial charge on any atom is -0.229 e. The third-order valence-electron chi connectivity index (χ3n) is 1.15. The van der Waals surface area contributed by atoms with Crippen molar-refractivity contribution < 1.29 is 8.78 Å². The molecule has 1 heterocycles. The second kappa shape index (κ2) is 3.85. The Labute approximate surface area is 85.8 Å². The number of hydrogen-bond acceptors (Lipinski definition) is 1. The van der Waals surface area contributed by atoms with Gasteiger partial charge in [-0.1, -0.05) is 23.2 Å². The van der Waals surface area contributed by atoms with Gasteiger partial charge in [0.15, 0.2) is 0 Å². The number of alkyl halides is 2. The highest BCUT2D eigenvalue weighted by Crippen LogP contribution is 2.33. The molecule has 66 valence electrons. The maximum atomic E-state index is 12.2. The van der Waals surface area contributed by atoms with E-state index in [2.05, 4.69) is 20.9 Å². The molecule has 0 unspecified atom stereocenters. The second-order valence-corrected chi connectivity index (χ2v) is 3.48. The number of aromatic nitrogens is 1. The lowest BCUT2D eigenvalue weighted by Gasteiger charge is -2.04. The summed E-state index contributed by atoms with van der Waals surface area (Å²) in [6.07, 6.45) is -2.66. The van der Waals surface area contributed by atoms with Gasteiger partial charge in [-0.2, -0.15) is 0 Å². The molecule has 6 heteroatoms. The monoisotopic (exact) mass is 275 g/mol. The summed E-state index contributed by atoms with van der Waals surface area (Å²) in [5.41, 5.74) is -0.332. The van der Waals surface area contributed by atoms with Crippen LogP contribution in [0.15, 0.2) is 10.7 Å². The van der Waals surface area contributed by atoms with Crippen LogP contribution in [0.3, 0.4) is 0 Å². The van der Waals surface area contributed by atoms with Crippen LogP contribution < -0.4 is 0 Å². The minimum atomic E-state index is -2.66. The summed E-state index contributed by atoms with van der Waals surface area (Å²) in [7, 11) is 0. The largest absolute Gasteiger partial charge is 0.267 e. The molecule has 0 N–H and O–H groups in total. The zero-order valence-corrected chi connectivity index (χ0v) is 8.59. The van der Waals surface area contributed by atoms with Crippen molar-refractivity contribution in [3.8, 4) is 0 Å². The Morgan fingerprint density at radius 1 is 1.42 bits per heavy atom. The van der Waals surface area contributed by atoms with Gasteiger partial charge in [-0.3, -0.25) is 0 Å². The Morgan fingerprint density at radius 3 is 2.42 bits per heavy atom. The van der Waals surface area contributed by atoms with Crippen LogP contribution in [0.1, 0.15) is 12.0 Å². The molecule has 12 heavy (non-hydrogen) atoms. The molecule has 1 aromatic heterocycles. The van der Waals surface area contributed by atoms with E-state index in [9.17, 15) is 8.78 Å². The van der Waals surface area contributed by atoms with Gasteiger partial charge in [0.05, 0.1) is 10.6 Å². The lowest BCUT2D eigenvalue weighted by Crippen LogP contribution is -1.91. The summed E-state index contributed by atoms with van der Waals surface area (Å²) < 4.78 is 24.4. The van der Waals surface area contributed by atoms with Crippen molar-refractivity contribution >= 4 is 39.1 Å². The highest BCUT2D eigenvalue weighted by molar-refractivity contribution is 9.10. The van der Waals surface area contributed by atoms with Crippen LogP contribution in [0.25, 0.3) is 0 Å². The molecule has 0 spiro atoms. The molecule has 0 aliphatic carbocycles.